The van der Waals surface area contributed by atoms with Gasteiger partial charge in [-0.3, -0.25) is 19.1 Å². The second-order valence-electron chi connectivity index (χ2n) is 8.35. The Bertz CT molecular complexity index is 1320. The van der Waals surface area contributed by atoms with E-state index >= 15 is 0 Å². The standard InChI is InChI=1S/C26H26N4O3/c1-18-28-22-8-3-2-7-21(22)26(32)30(18)20-12-10-19(11-13-20)25(31)27-17-23(24-9-6-16-33-24)29-14-4-5-15-29/h2-3,6-13,16,23H,4-5,14-15,17H2,1H3,(H,27,31). The zero-order valence-corrected chi connectivity index (χ0v) is 18.5. The van der Waals surface area contributed by atoms with Crippen LogP contribution in [0.25, 0.3) is 16.6 Å². The fraction of sp³-hybridized carbons (Fsp3) is 0.269. The van der Waals surface area contributed by atoms with Crippen molar-refractivity contribution in [1.82, 2.24) is 19.8 Å². The van der Waals surface area contributed by atoms with Gasteiger partial charge in [-0.05, 0) is 81.4 Å². The van der Waals surface area contributed by atoms with Crippen LogP contribution in [0, 0.1) is 6.92 Å². The summed E-state index contributed by atoms with van der Waals surface area (Å²) in [4.78, 5) is 32.8. The number of aromatic nitrogens is 2. The van der Waals surface area contributed by atoms with Crippen molar-refractivity contribution in [3.8, 4) is 5.69 Å². The first-order valence-corrected chi connectivity index (χ1v) is 11.3. The monoisotopic (exact) mass is 442 g/mol. The average molecular weight is 443 g/mol. The highest BCUT2D eigenvalue weighted by Gasteiger charge is 2.26. The van der Waals surface area contributed by atoms with Gasteiger partial charge in [-0.15, -0.1) is 0 Å². The van der Waals surface area contributed by atoms with E-state index in [1.54, 1.807) is 41.2 Å². The van der Waals surface area contributed by atoms with Crippen LogP contribution in [0.1, 0.15) is 40.8 Å². The lowest BCUT2D eigenvalue weighted by atomic mass is 10.1. The average Bonchev–Trinajstić information content (AvgIpc) is 3.55. The molecule has 1 unspecified atom stereocenters. The van der Waals surface area contributed by atoms with Crippen molar-refractivity contribution in [1.29, 1.82) is 0 Å². The molecule has 1 N–H and O–H groups in total. The number of aryl methyl sites for hydroxylation is 1. The number of carbonyl (C=O) groups excluding carboxylic acids is 1. The van der Waals surface area contributed by atoms with Gasteiger partial charge < -0.3 is 9.73 Å². The van der Waals surface area contributed by atoms with E-state index in [1.807, 2.05) is 37.3 Å². The molecule has 2 aromatic heterocycles. The molecule has 5 rings (SSSR count). The molecule has 1 atom stereocenters. The Labute approximate surface area is 191 Å². The van der Waals surface area contributed by atoms with E-state index in [2.05, 4.69) is 15.2 Å². The van der Waals surface area contributed by atoms with Crippen LogP contribution in [0.4, 0.5) is 0 Å². The highest BCUT2D eigenvalue weighted by atomic mass is 16.3. The van der Waals surface area contributed by atoms with Crippen molar-refractivity contribution >= 4 is 16.8 Å². The molecular weight excluding hydrogens is 416 g/mol. The van der Waals surface area contributed by atoms with Crippen LogP contribution in [0.3, 0.4) is 0 Å². The third kappa shape index (κ3) is 4.19. The Kier molecular flexibility index (Phi) is 5.79. The fourth-order valence-corrected chi connectivity index (χ4v) is 4.54. The summed E-state index contributed by atoms with van der Waals surface area (Å²) in [5, 5.41) is 3.61. The molecule has 1 amide bonds. The number of hydrogen-bond acceptors (Lipinski definition) is 5. The minimum absolute atomic E-state index is 0.0237. The van der Waals surface area contributed by atoms with Crippen LogP contribution < -0.4 is 10.9 Å². The Balaban J connectivity index is 1.34. The summed E-state index contributed by atoms with van der Waals surface area (Å²) in [5.41, 5.74) is 1.77. The molecule has 3 heterocycles. The molecule has 168 valence electrons. The van der Waals surface area contributed by atoms with Crippen LogP contribution in [0.2, 0.25) is 0 Å². The Morgan fingerprint density at radius 3 is 2.55 bits per heavy atom. The third-order valence-corrected chi connectivity index (χ3v) is 6.24. The van der Waals surface area contributed by atoms with Crippen LogP contribution in [0.15, 0.2) is 76.1 Å². The zero-order chi connectivity index (χ0) is 22.8. The number of likely N-dealkylation sites (tertiary alicyclic amines) is 1. The van der Waals surface area contributed by atoms with Crippen molar-refractivity contribution in [2.45, 2.75) is 25.8 Å². The van der Waals surface area contributed by atoms with Gasteiger partial charge >= 0.3 is 0 Å². The topological polar surface area (TPSA) is 80.4 Å². The van der Waals surface area contributed by atoms with Crippen molar-refractivity contribution in [3.63, 3.8) is 0 Å². The smallest absolute Gasteiger partial charge is 0.265 e. The summed E-state index contributed by atoms with van der Waals surface area (Å²) in [6.07, 6.45) is 3.99. The summed E-state index contributed by atoms with van der Waals surface area (Å²) in [7, 11) is 0. The molecule has 33 heavy (non-hydrogen) atoms. The molecular formula is C26H26N4O3. The number of rotatable bonds is 6. The number of amides is 1. The summed E-state index contributed by atoms with van der Waals surface area (Å²) in [5.74, 6) is 1.31. The highest BCUT2D eigenvalue weighted by Crippen LogP contribution is 2.25. The number of furan rings is 1. The minimum Gasteiger partial charge on any atom is -0.468 e. The predicted molar refractivity (Wildman–Crippen MR) is 127 cm³/mol. The molecule has 7 nitrogen and oxygen atoms in total. The second-order valence-corrected chi connectivity index (χ2v) is 8.35. The molecule has 0 saturated carbocycles. The van der Waals surface area contributed by atoms with E-state index in [0.717, 1.165) is 31.7 Å². The summed E-state index contributed by atoms with van der Waals surface area (Å²) in [6, 6.07) is 18.2. The lowest BCUT2D eigenvalue weighted by Crippen LogP contribution is -2.36. The quantitative estimate of drug-likeness (QED) is 0.491. The summed E-state index contributed by atoms with van der Waals surface area (Å²) in [6.45, 7) is 4.29. The lowest BCUT2D eigenvalue weighted by molar-refractivity contribution is 0.0934. The van der Waals surface area contributed by atoms with Gasteiger partial charge in [0.15, 0.2) is 0 Å². The van der Waals surface area contributed by atoms with Crippen LogP contribution in [0.5, 0.6) is 0 Å². The molecule has 1 fully saturated rings. The van der Waals surface area contributed by atoms with E-state index in [9.17, 15) is 9.59 Å². The van der Waals surface area contributed by atoms with E-state index in [1.165, 1.54) is 0 Å². The lowest BCUT2D eigenvalue weighted by Gasteiger charge is -2.26. The molecule has 1 aliphatic heterocycles. The zero-order valence-electron chi connectivity index (χ0n) is 18.5. The van der Waals surface area contributed by atoms with Crippen LogP contribution in [-0.4, -0.2) is 40.0 Å². The summed E-state index contributed by atoms with van der Waals surface area (Å²) >= 11 is 0. The predicted octanol–water partition coefficient (Wildman–Crippen LogP) is 3.85. The van der Waals surface area contributed by atoms with E-state index in [0.29, 0.717) is 34.5 Å². The maximum absolute atomic E-state index is 13.0. The van der Waals surface area contributed by atoms with Gasteiger partial charge in [-0.2, -0.15) is 0 Å². The normalized spacial score (nSPS) is 15.1. The van der Waals surface area contributed by atoms with E-state index < -0.39 is 0 Å². The number of nitrogens with one attached hydrogen (secondary N) is 1. The molecule has 2 aromatic carbocycles. The van der Waals surface area contributed by atoms with E-state index in [4.69, 9.17) is 4.42 Å². The molecule has 0 bridgehead atoms. The van der Waals surface area contributed by atoms with Crippen molar-refractivity contribution in [2.75, 3.05) is 19.6 Å². The number of nitrogens with zero attached hydrogens (tertiary/aromatic N) is 3. The maximum atomic E-state index is 13.0. The van der Waals surface area contributed by atoms with E-state index in [-0.39, 0.29) is 17.5 Å². The molecule has 4 aromatic rings. The SMILES string of the molecule is Cc1nc2ccccc2c(=O)n1-c1ccc(C(=O)NCC(c2ccco2)N2CCCC2)cc1. The van der Waals surface area contributed by atoms with Crippen LogP contribution >= 0.6 is 0 Å². The Hall–Kier alpha value is -3.71. The van der Waals surface area contributed by atoms with Crippen molar-refractivity contribution in [2.24, 2.45) is 0 Å². The van der Waals surface area contributed by atoms with Gasteiger partial charge in [0.25, 0.3) is 11.5 Å². The van der Waals surface area contributed by atoms with Gasteiger partial charge in [0.2, 0.25) is 0 Å². The van der Waals surface area contributed by atoms with Crippen molar-refractivity contribution in [3.05, 3.63) is 94.4 Å². The van der Waals surface area contributed by atoms with Gasteiger partial charge in [0.1, 0.15) is 11.6 Å². The number of para-hydroxylation sites is 1. The Morgan fingerprint density at radius 2 is 1.82 bits per heavy atom. The minimum atomic E-state index is -0.155. The van der Waals surface area contributed by atoms with Crippen molar-refractivity contribution < 1.29 is 9.21 Å². The second kappa shape index (κ2) is 9.03. The van der Waals surface area contributed by atoms with Gasteiger partial charge in [0, 0.05) is 12.1 Å². The maximum Gasteiger partial charge on any atom is 0.265 e. The molecule has 0 spiro atoms. The van der Waals surface area contributed by atoms with Gasteiger partial charge in [-0.25, -0.2) is 4.98 Å². The molecule has 1 saturated heterocycles. The van der Waals surface area contributed by atoms with Crippen LogP contribution in [-0.2, 0) is 0 Å². The molecule has 0 radical (unpaired) electrons. The molecule has 7 heteroatoms. The number of fused-ring (bicyclic) bond motifs is 1. The largest absolute Gasteiger partial charge is 0.468 e. The third-order valence-electron chi connectivity index (χ3n) is 6.24. The molecule has 1 aliphatic rings. The van der Waals surface area contributed by atoms with Gasteiger partial charge in [-0.1, -0.05) is 12.1 Å². The first-order valence-electron chi connectivity index (χ1n) is 11.3. The number of carbonyl (C=O) groups is 1. The Morgan fingerprint density at radius 1 is 1.06 bits per heavy atom. The fourth-order valence-electron chi connectivity index (χ4n) is 4.54. The first kappa shape index (κ1) is 21.2. The number of benzene rings is 2. The first-order chi connectivity index (χ1) is 16.1. The van der Waals surface area contributed by atoms with Gasteiger partial charge in [0.05, 0.1) is 28.9 Å². The number of hydrogen-bond donors (Lipinski definition) is 1. The molecule has 0 aliphatic carbocycles. The highest BCUT2D eigenvalue weighted by molar-refractivity contribution is 5.94. The summed E-state index contributed by atoms with van der Waals surface area (Å²) < 4.78 is 7.21.